The van der Waals surface area contributed by atoms with Gasteiger partial charge < -0.3 is 39.0 Å². The number of methoxy groups -OCH3 is 1. The molecule has 2 N–H and O–H groups in total. The zero-order valence-corrected chi connectivity index (χ0v) is 31.9. The van der Waals surface area contributed by atoms with Crippen LogP contribution in [0.1, 0.15) is 61.0 Å². The van der Waals surface area contributed by atoms with Gasteiger partial charge in [-0.2, -0.15) is 0 Å². The number of hydrogen-bond donors (Lipinski definition) is 2. The number of amides is 2. The maximum atomic E-state index is 13.0. The van der Waals surface area contributed by atoms with Crippen molar-refractivity contribution >= 4 is 25.8 Å². The number of carboxylic acid groups (broad SMARTS) is 1. The van der Waals surface area contributed by atoms with E-state index in [1.807, 2.05) is 80.6 Å². The van der Waals surface area contributed by atoms with Crippen LogP contribution in [0.15, 0.2) is 66.7 Å². The highest BCUT2D eigenvalue weighted by atomic mass is 28.3. The minimum absolute atomic E-state index is 0.0506. The van der Waals surface area contributed by atoms with Gasteiger partial charge in [0.15, 0.2) is 0 Å². The van der Waals surface area contributed by atoms with Crippen LogP contribution in [-0.4, -0.2) is 82.8 Å². The topological polar surface area (TPSA) is 116 Å². The first-order chi connectivity index (χ1) is 24.4. The van der Waals surface area contributed by atoms with Crippen LogP contribution in [0.2, 0.25) is 25.7 Å². The molecule has 51 heavy (non-hydrogen) atoms. The van der Waals surface area contributed by atoms with Gasteiger partial charge in [0.25, 0.3) is 0 Å². The highest BCUT2D eigenvalue weighted by Gasteiger charge is 2.41. The van der Waals surface area contributed by atoms with Crippen LogP contribution in [-0.2, 0) is 31.0 Å². The molecule has 1 saturated heterocycles. The highest BCUT2D eigenvalue weighted by Crippen LogP contribution is 2.43. The summed E-state index contributed by atoms with van der Waals surface area (Å²) < 4.78 is 30.5. The molecule has 2 aliphatic heterocycles. The first-order valence-corrected chi connectivity index (χ1v) is 21.7. The molecule has 276 valence electrons. The summed E-state index contributed by atoms with van der Waals surface area (Å²) in [7, 11) is 0.334. The van der Waals surface area contributed by atoms with Gasteiger partial charge >= 0.3 is 6.09 Å². The Labute approximate surface area is 303 Å². The Hall–Kier alpha value is -3.90. The number of hydrogen-bond acceptors (Lipinski definition) is 7. The molecule has 3 aromatic rings. The highest BCUT2D eigenvalue weighted by molar-refractivity contribution is 6.76. The van der Waals surface area contributed by atoms with Crippen molar-refractivity contribution in [1.82, 2.24) is 4.90 Å². The Bertz CT molecular complexity index is 1620. The SMILES string of the molecule is COc1ccccc1COCCCOc1ccc(C2CCN(C(=O)O)CC2OC(COCC[Si](C)(C)C)c2cccc3c2NC(=O)C3(C)C)cc1. The number of carbonyl (C=O) groups excluding carboxylic acids is 1. The van der Waals surface area contributed by atoms with E-state index in [2.05, 4.69) is 25.0 Å². The van der Waals surface area contributed by atoms with Crippen LogP contribution >= 0.6 is 0 Å². The van der Waals surface area contributed by atoms with E-state index in [1.54, 1.807) is 7.11 Å². The van der Waals surface area contributed by atoms with Gasteiger partial charge in [0.1, 0.15) is 17.6 Å². The van der Waals surface area contributed by atoms with Crippen LogP contribution in [0.4, 0.5) is 10.5 Å². The monoisotopic (exact) mass is 718 g/mol. The molecule has 2 amide bonds. The Balaban J connectivity index is 1.27. The average Bonchev–Trinajstić information content (AvgIpc) is 3.34. The normalized spacial score (nSPS) is 18.9. The van der Waals surface area contributed by atoms with E-state index in [9.17, 15) is 14.7 Å². The molecule has 2 heterocycles. The minimum atomic E-state index is -1.32. The lowest BCUT2D eigenvalue weighted by Crippen LogP contribution is -2.47. The molecule has 5 rings (SSSR count). The van der Waals surface area contributed by atoms with E-state index in [4.69, 9.17) is 23.7 Å². The number of benzene rings is 3. The average molecular weight is 719 g/mol. The predicted octanol–water partition coefficient (Wildman–Crippen LogP) is 7.86. The standard InChI is InChI=1S/C40H54N2O8Si/c1-40(2)33-13-9-12-32(37(33)41-38(40)43)36(27-48-23-24-51(4,5)6)50-35-25-42(39(44)45)20-19-31(35)28-15-17-30(18-16-28)49-22-10-21-47-26-29-11-7-8-14-34(29)46-3/h7-9,11-18,31,35-36H,10,19-27H2,1-6H3,(H,41,43)(H,44,45). The van der Waals surface area contributed by atoms with Crippen LogP contribution in [0.3, 0.4) is 0 Å². The predicted molar refractivity (Wildman–Crippen MR) is 201 cm³/mol. The van der Waals surface area contributed by atoms with Crippen molar-refractivity contribution in [2.45, 2.75) is 82.5 Å². The van der Waals surface area contributed by atoms with Gasteiger partial charge in [0, 0.05) is 44.7 Å². The fourth-order valence-electron chi connectivity index (χ4n) is 6.65. The summed E-state index contributed by atoms with van der Waals surface area (Å²) >= 11 is 0. The quantitative estimate of drug-likeness (QED) is 0.107. The molecule has 0 spiro atoms. The molecule has 1 fully saturated rings. The second kappa shape index (κ2) is 17.1. The molecular weight excluding hydrogens is 665 g/mol. The van der Waals surface area contributed by atoms with Crippen molar-refractivity contribution in [2.75, 3.05) is 51.9 Å². The van der Waals surface area contributed by atoms with Crippen molar-refractivity contribution < 1.29 is 38.4 Å². The van der Waals surface area contributed by atoms with Crippen molar-refractivity contribution in [3.05, 3.63) is 89.0 Å². The number of nitrogens with zero attached hydrogens (tertiary/aromatic N) is 1. The van der Waals surface area contributed by atoms with Crippen LogP contribution in [0.5, 0.6) is 11.5 Å². The van der Waals surface area contributed by atoms with Gasteiger partial charge in [-0.15, -0.1) is 0 Å². The molecule has 0 aliphatic carbocycles. The van der Waals surface area contributed by atoms with Crippen molar-refractivity contribution in [3.8, 4) is 11.5 Å². The maximum Gasteiger partial charge on any atom is 0.407 e. The van der Waals surface area contributed by atoms with E-state index < -0.39 is 31.8 Å². The second-order valence-corrected chi connectivity index (χ2v) is 20.8. The lowest BCUT2D eigenvalue weighted by Gasteiger charge is -2.39. The number of nitrogens with one attached hydrogen (secondary N) is 1. The zero-order chi connectivity index (χ0) is 36.6. The molecule has 10 nitrogen and oxygen atoms in total. The number of anilines is 1. The van der Waals surface area contributed by atoms with Gasteiger partial charge in [-0.05, 0) is 55.6 Å². The van der Waals surface area contributed by atoms with Crippen molar-refractivity contribution in [2.24, 2.45) is 0 Å². The van der Waals surface area contributed by atoms with Gasteiger partial charge in [0.2, 0.25) is 5.91 Å². The zero-order valence-electron chi connectivity index (χ0n) is 30.9. The Morgan fingerprint density at radius 3 is 2.49 bits per heavy atom. The van der Waals surface area contributed by atoms with Crippen molar-refractivity contribution in [3.63, 3.8) is 0 Å². The molecule has 3 aromatic carbocycles. The van der Waals surface area contributed by atoms with Crippen molar-refractivity contribution in [1.29, 1.82) is 0 Å². The molecule has 2 aliphatic rings. The smallest absolute Gasteiger partial charge is 0.407 e. The molecule has 0 bridgehead atoms. The molecule has 3 unspecified atom stereocenters. The van der Waals surface area contributed by atoms with E-state index in [-0.39, 0.29) is 18.4 Å². The van der Waals surface area contributed by atoms with Gasteiger partial charge in [-0.3, -0.25) is 4.79 Å². The van der Waals surface area contributed by atoms with Gasteiger partial charge in [-0.25, -0.2) is 4.79 Å². The Morgan fingerprint density at radius 1 is 1.00 bits per heavy atom. The van der Waals surface area contributed by atoms with E-state index in [0.29, 0.717) is 46.0 Å². The molecule has 3 atom stereocenters. The maximum absolute atomic E-state index is 13.0. The lowest BCUT2D eigenvalue weighted by atomic mass is 9.84. The van der Waals surface area contributed by atoms with E-state index in [0.717, 1.165) is 51.9 Å². The first-order valence-electron chi connectivity index (χ1n) is 18.0. The molecular formula is C40H54N2O8Si. The summed E-state index contributed by atoms with van der Waals surface area (Å²) in [6.45, 7) is 13.9. The Morgan fingerprint density at radius 2 is 1.76 bits per heavy atom. The number of rotatable bonds is 17. The molecule has 0 aromatic heterocycles. The summed E-state index contributed by atoms with van der Waals surface area (Å²) in [5.41, 5.74) is 3.93. The van der Waals surface area contributed by atoms with Gasteiger partial charge in [0.05, 0.1) is 57.3 Å². The summed E-state index contributed by atoms with van der Waals surface area (Å²) in [5, 5.41) is 13.1. The van der Waals surface area contributed by atoms with Crippen LogP contribution in [0, 0.1) is 0 Å². The summed E-state index contributed by atoms with van der Waals surface area (Å²) in [6.07, 6.45) is -0.558. The minimum Gasteiger partial charge on any atom is -0.496 e. The second-order valence-electron chi connectivity index (χ2n) is 15.2. The fourth-order valence-corrected chi connectivity index (χ4v) is 7.41. The van der Waals surface area contributed by atoms with E-state index in [1.165, 1.54) is 4.90 Å². The fraction of sp³-hybridized carbons (Fsp3) is 0.500. The first kappa shape index (κ1) is 38.3. The third kappa shape index (κ3) is 9.91. The third-order valence-electron chi connectivity index (χ3n) is 9.82. The van der Waals surface area contributed by atoms with Gasteiger partial charge in [-0.1, -0.05) is 68.2 Å². The summed E-state index contributed by atoms with van der Waals surface area (Å²) in [6, 6.07) is 22.8. The number of piperidine rings is 1. The number of fused-ring (bicyclic) bond motifs is 1. The molecule has 0 radical (unpaired) electrons. The van der Waals surface area contributed by atoms with Crippen LogP contribution in [0.25, 0.3) is 0 Å². The number of para-hydroxylation sites is 2. The molecule has 11 heteroatoms. The largest absolute Gasteiger partial charge is 0.496 e. The lowest BCUT2D eigenvalue weighted by molar-refractivity contribution is -0.119. The summed E-state index contributed by atoms with van der Waals surface area (Å²) in [5.74, 6) is 1.47. The van der Waals surface area contributed by atoms with E-state index >= 15 is 0 Å². The number of carbonyl (C=O) groups is 2. The van der Waals surface area contributed by atoms with Crippen LogP contribution < -0.4 is 14.8 Å². The number of ether oxygens (including phenoxy) is 5. The molecule has 0 saturated carbocycles. The number of likely N-dealkylation sites (tertiary alicyclic amines) is 1. The summed E-state index contributed by atoms with van der Waals surface area (Å²) in [4.78, 5) is 26.6. The Kier molecular flexibility index (Phi) is 12.8. The third-order valence-corrected chi connectivity index (χ3v) is 11.5.